The van der Waals surface area contributed by atoms with E-state index in [2.05, 4.69) is 23.3 Å². The van der Waals surface area contributed by atoms with Crippen LogP contribution in [0.4, 0.5) is 5.69 Å². The molecule has 19 heavy (non-hydrogen) atoms. The predicted molar refractivity (Wildman–Crippen MR) is 73.1 cm³/mol. The summed E-state index contributed by atoms with van der Waals surface area (Å²) in [4.78, 5) is 2.22. The zero-order valence-corrected chi connectivity index (χ0v) is 11.2. The first-order valence-electron chi connectivity index (χ1n) is 6.76. The van der Waals surface area contributed by atoms with E-state index >= 15 is 0 Å². The molecule has 0 aromatic heterocycles. The molecule has 1 aromatic rings. The summed E-state index contributed by atoms with van der Waals surface area (Å²) in [5.74, 6) is 1.66. The lowest BCUT2D eigenvalue weighted by molar-refractivity contribution is 0.0250. The molecule has 1 aromatic carbocycles. The maximum atomic E-state index is 5.70. The second-order valence-electron chi connectivity index (χ2n) is 4.94. The van der Waals surface area contributed by atoms with Crippen molar-refractivity contribution in [1.82, 2.24) is 5.32 Å². The van der Waals surface area contributed by atoms with Crippen LogP contribution in [0.1, 0.15) is 6.42 Å². The molecule has 3 rings (SSSR count). The van der Waals surface area contributed by atoms with Gasteiger partial charge in [0, 0.05) is 38.4 Å². The summed E-state index contributed by atoms with van der Waals surface area (Å²) < 4.78 is 16.4. The van der Waals surface area contributed by atoms with Gasteiger partial charge in [-0.25, -0.2) is 0 Å². The molecule has 1 fully saturated rings. The highest BCUT2D eigenvalue weighted by Gasteiger charge is 2.16. The Morgan fingerprint density at radius 3 is 3.05 bits per heavy atom. The number of ether oxygens (including phenoxy) is 3. The number of nitrogens with one attached hydrogen (secondary N) is 1. The van der Waals surface area contributed by atoms with Gasteiger partial charge in [-0.2, -0.15) is 0 Å². The highest BCUT2D eigenvalue weighted by atomic mass is 16.7. The molecular formula is C14H20N2O3. The Balaban J connectivity index is 1.56. The molecule has 1 unspecified atom stereocenters. The summed E-state index contributed by atoms with van der Waals surface area (Å²) in [6, 6.07) is 6.06. The average molecular weight is 264 g/mol. The van der Waals surface area contributed by atoms with Gasteiger partial charge >= 0.3 is 0 Å². The zero-order valence-electron chi connectivity index (χ0n) is 11.2. The minimum Gasteiger partial charge on any atom is -0.454 e. The van der Waals surface area contributed by atoms with Crippen LogP contribution in [0.15, 0.2) is 18.2 Å². The van der Waals surface area contributed by atoms with Gasteiger partial charge in [-0.1, -0.05) is 0 Å². The van der Waals surface area contributed by atoms with E-state index in [9.17, 15) is 0 Å². The van der Waals surface area contributed by atoms with E-state index in [1.54, 1.807) is 0 Å². The molecule has 0 bridgehead atoms. The number of nitrogens with zero attached hydrogens (tertiary/aromatic N) is 1. The molecule has 5 nitrogen and oxygen atoms in total. The molecule has 0 saturated carbocycles. The maximum absolute atomic E-state index is 5.70. The van der Waals surface area contributed by atoms with Crippen molar-refractivity contribution in [1.29, 1.82) is 0 Å². The van der Waals surface area contributed by atoms with Crippen molar-refractivity contribution in [2.45, 2.75) is 12.5 Å². The first-order valence-corrected chi connectivity index (χ1v) is 6.76. The lowest BCUT2D eigenvalue weighted by Gasteiger charge is -2.26. The first-order chi connectivity index (χ1) is 9.33. The minimum atomic E-state index is 0.323. The van der Waals surface area contributed by atoms with Gasteiger partial charge in [0.25, 0.3) is 0 Å². The van der Waals surface area contributed by atoms with Gasteiger partial charge in [0.1, 0.15) is 0 Å². The Bertz CT molecular complexity index is 433. The second kappa shape index (κ2) is 5.67. The summed E-state index contributed by atoms with van der Waals surface area (Å²) in [6.07, 6.45) is 1.35. The van der Waals surface area contributed by atoms with Crippen molar-refractivity contribution in [2.75, 3.05) is 45.0 Å². The molecule has 0 spiro atoms. The molecule has 5 heteroatoms. The lowest BCUT2D eigenvalue weighted by atomic mass is 10.2. The quantitative estimate of drug-likeness (QED) is 0.886. The van der Waals surface area contributed by atoms with E-state index in [-0.39, 0.29) is 0 Å². The van der Waals surface area contributed by atoms with Gasteiger partial charge in [0.2, 0.25) is 6.79 Å². The smallest absolute Gasteiger partial charge is 0.231 e. The topological polar surface area (TPSA) is 43.0 Å². The monoisotopic (exact) mass is 264 g/mol. The van der Waals surface area contributed by atoms with Gasteiger partial charge in [0.15, 0.2) is 11.5 Å². The summed E-state index contributed by atoms with van der Waals surface area (Å²) in [5, 5.41) is 3.35. The standard InChI is InChI=1S/C14H20N2O3/c1-16(6-4-12-9-15-5-7-17-12)11-2-3-13-14(8-11)19-10-18-13/h2-3,8,12,15H,4-7,9-10H2,1H3. The van der Waals surface area contributed by atoms with Crippen molar-refractivity contribution in [3.63, 3.8) is 0 Å². The number of anilines is 1. The van der Waals surface area contributed by atoms with Crippen molar-refractivity contribution in [3.8, 4) is 11.5 Å². The normalized spacial score (nSPS) is 21.4. The van der Waals surface area contributed by atoms with Gasteiger partial charge in [0.05, 0.1) is 12.7 Å². The lowest BCUT2D eigenvalue weighted by Crippen LogP contribution is -2.40. The number of morpholine rings is 1. The molecule has 104 valence electrons. The third-order valence-electron chi connectivity index (χ3n) is 3.59. The molecule has 1 saturated heterocycles. The Kier molecular flexibility index (Phi) is 3.75. The first kappa shape index (κ1) is 12.6. The Morgan fingerprint density at radius 2 is 2.21 bits per heavy atom. The fourth-order valence-electron chi connectivity index (χ4n) is 2.39. The van der Waals surface area contributed by atoms with Crippen LogP contribution in [0.2, 0.25) is 0 Å². The summed E-state index contributed by atoms with van der Waals surface area (Å²) in [6.45, 7) is 4.03. The largest absolute Gasteiger partial charge is 0.454 e. The molecule has 1 atom stereocenters. The number of hydrogen-bond acceptors (Lipinski definition) is 5. The number of hydrogen-bond donors (Lipinski definition) is 1. The Morgan fingerprint density at radius 1 is 1.32 bits per heavy atom. The van der Waals surface area contributed by atoms with Crippen LogP contribution in [0.3, 0.4) is 0 Å². The van der Waals surface area contributed by atoms with Crippen LogP contribution in [-0.2, 0) is 4.74 Å². The van der Waals surface area contributed by atoms with Crippen LogP contribution in [0.5, 0.6) is 11.5 Å². The highest BCUT2D eigenvalue weighted by molar-refractivity contribution is 5.56. The molecule has 0 amide bonds. The van der Waals surface area contributed by atoms with E-state index in [1.165, 1.54) is 0 Å². The van der Waals surface area contributed by atoms with Crippen molar-refractivity contribution >= 4 is 5.69 Å². The second-order valence-corrected chi connectivity index (χ2v) is 4.94. The van der Waals surface area contributed by atoms with Crippen LogP contribution in [-0.4, -0.2) is 46.2 Å². The summed E-state index contributed by atoms with van der Waals surface area (Å²) in [5.41, 5.74) is 1.15. The average Bonchev–Trinajstić information content (AvgIpc) is 2.93. The number of fused-ring (bicyclic) bond motifs is 1. The SMILES string of the molecule is CN(CCC1CNCCO1)c1ccc2c(c1)OCO2. The Labute approximate surface area is 113 Å². The molecule has 2 aliphatic heterocycles. The number of benzene rings is 1. The fourth-order valence-corrected chi connectivity index (χ4v) is 2.39. The molecule has 2 aliphatic rings. The van der Waals surface area contributed by atoms with E-state index in [0.29, 0.717) is 12.9 Å². The molecule has 1 N–H and O–H groups in total. The molecule has 0 radical (unpaired) electrons. The minimum absolute atomic E-state index is 0.323. The van der Waals surface area contributed by atoms with Crippen molar-refractivity contribution < 1.29 is 14.2 Å². The van der Waals surface area contributed by atoms with Gasteiger partial charge in [-0.05, 0) is 18.6 Å². The zero-order chi connectivity index (χ0) is 13.1. The van der Waals surface area contributed by atoms with Crippen LogP contribution in [0, 0.1) is 0 Å². The van der Waals surface area contributed by atoms with Crippen molar-refractivity contribution in [3.05, 3.63) is 18.2 Å². The van der Waals surface area contributed by atoms with Gasteiger partial charge in [-0.15, -0.1) is 0 Å². The molecule has 2 heterocycles. The fraction of sp³-hybridized carbons (Fsp3) is 0.571. The third kappa shape index (κ3) is 2.93. The van der Waals surface area contributed by atoms with E-state index in [0.717, 1.165) is 49.8 Å². The van der Waals surface area contributed by atoms with Gasteiger partial charge in [-0.3, -0.25) is 0 Å². The van der Waals surface area contributed by atoms with E-state index < -0.39 is 0 Å². The van der Waals surface area contributed by atoms with Crippen LogP contribution < -0.4 is 19.7 Å². The van der Waals surface area contributed by atoms with Gasteiger partial charge < -0.3 is 24.4 Å². The maximum Gasteiger partial charge on any atom is 0.231 e. The Hall–Kier alpha value is -1.46. The van der Waals surface area contributed by atoms with E-state index in [1.807, 2.05) is 12.1 Å². The number of rotatable bonds is 4. The summed E-state index contributed by atoms with van der Waals surface area (Å²) >= 11 is 0. The predicted octanol–water partition coefficient (Wildman–Crippen LogP) is 1.23. The third-order valence-corrected chi connectivity index (χ3v) is 3.59. The highest BCUT2D eigenvalue weighted by Crippen LogP contribution is 2.35. The molecule has 0 aliphatic carbocycles. The summed E-state index contributed by atoms with van der Waals surface area (Å²) in [7, 11) is 2.09. The van der Waals surface area contributed by atoms with Crippen molar-refractivity contribution in [2.24, 2.45) is 0 Å². The van der Waals surface area contributed by atoms with Crippen LogP contribution in [0.25, 0.3) is 0 Å². The molecular weight excluding hydrogens is 244 g/mol. The van der Waals surface area contributed by atoms with E-state index in [4.69, 9.17) is 14.2 Å². The van der Waals surface area contributed by atoms with Crippen LogP contribution >= 0.6 is 0 Å².